The van der Waals surface area contributed by atoms with Crippen molar-refractivity contribution in [2.45, 2.75) is 18.9 Å². The van der Waals surface area contributed by atoms with Gasteiger partial charge in [0.05, 0.1) is 6.26 Å². The van der Waals surface area contributed by atoms with E-state index in [1.165, 1.54) is 5.56 Å². The fourth-order valence-corrected chi connectivity index (χ4v) is 1.54. The number of benzene rings is 1. The molecule has 1 heteroatoms. The fraction of sp³-hybridized carbons (Fsp3) is 0.231. The lowest BCUT2D eigenvalue weighted by molar-refractivity contribution is 0.174. The van der Waals surface area contributed by atoms with Crippen molar-refractivity contribution in [3.05, 3.63) is 60.4 Å². The highest BCUT2D eigenvalue weighted by atomic mass is 16.5. The molecule has 0 saturated carbocycles. The third kappa shape index (κ3) is 2.49. The lowest BCUT2D eigenvalue weighted by Gasteiger charge is -2.14. The number of hydrogen-bond donors (Lipinski definition) is 0. The van der Waals surface area contributed by atoms with Crippen LogP contribution in [0.25, 0.3) is 0 Å². The van der Waals surface area contributed by atoms with Gasteiger partial charge in [0.2, 0.25) is 0 Å². The van der Waals surface area contributed by atoms with Crippen LogP contribution in [0.5, 0.6) is 0 Å². The van der Waals surface area contributed by atoms with Gasteiger partial charge in [0.25, 0.3) is 0 Å². The summed E-state index contributed by atoms with van der Waals surface area (Å²) in [6.07, 6.45) is 10.2. The van der Waals surface area contributed by atoms with Crippen LogP contribution < -0.4 is 0 Å². The van der Waals surface area contributed by atoms with Gasteiger partial charge in [-0.25, -0.2) is 0 Å². The maximum absolute atomic E-state index is 5.43. The highest BCUT2D eigenvalue weighted by Gasteiger charge is 2.05. The Morgan fingerprint density at radius 3 is 2.64 bits per heavy atom. The Labute approximate surface area is 84.7 Å². The van der Waals surface area contributed by atoms with Crippen LogP contribution in [0.3, 0.4) is 0 Å². The lowest BCUT2D eigenvalue weighted by atomic mass is 10.1. The molecule has 1 unspecified atom stereocenters. The first-order valence-electron chi connectivity index (χ1n) is 4.98. The summed E-state index contributed by atoms with van der Waals surface area (Å²) >= 11 is 0. The zero-order valence-electron chi connectivity index (χ0n) is 8.10. The van der Waals surface area contributed by atoms with Gasteiger partial charge in [0.1, 0.15) is 6.10 Å². The largest absolute Gasteiger partial charge is 0.494 e. The normalized spacial score (nSPS) is 19.3. The molecule has 2 rings (SSSR count). The molecular weight excluding hydrogens is 172 g/mol. The molecule has 0 radical (unpaired) electrons. The monoisotopic (exact) mass is 186 g/mol. The Balaban J connectivity index is 1.83. The smallest absolute Gasteiger partial charge is 0.117 e. The second kappa shape index (κ2) is 4.66. The second-order valence-electron chi connectivity index (χ2n) is 3.41. The molecular formula is C13H14O. The zero-order chi connectivity index (χ0) is 9.64. The van der Waals surface area contributed by atoms with Crippen molar-refractivity contribution in [2.24, 2.45) is 0 Å². The van der Waals surface area contributed by atoms with Crippen molar-refractivity contribution in [3.8, 4) is 0 Å². The minimum atomic E-state index is 0.250. The Hall–Kier alpha value is -1.50. The Morgan fingerprint density at radius 1 is 1.07 bits per heavy atom. The van der Waals surface area contributed by atoms with Gasteiger partial charge in [-0.15, -0.1) is 0 Å². The van der Waals surface area contributed by atoms with Crippen molar-refractivity contribution < 1.29 is 4.74 Å². The first-order chi connectivity index (χ1) is 6.95. The molecule has 1 aromatic rings. The molecule has 0 saturated heterocycles. The maximum atomic E-state index is 5.43. The second-order valence-corrected chi connectivity index (χ2v) is 3.41. The number of aryl methyl sites for hydroxylation is 1. The van der Waals surface area contributed by atoms with Crippen molar-refractivity contribution in [1.29, 1.82) is 0 Å². The summed E-state index contributed by atoms with van der Waals surface area (Å²) < 4.78 is 5.43. The van der Waals surface area contributed by atoms with Gasteiger partial charge in [0, 0.05) is 0 Å². The van der Waals surface area contributed by atoms with Crippen LogP contribution in [-0.4, -0.2) is 6.10 Å². The van der Waals surface area contributed by atoms with Crippen molar-refractivity contribution in [2.75, 3.05) is 0 Å². The average Bonchev–Trinajstić information content (AvgIpc) is 2.29. The zero-order valence-corrected chi connectivity index (χ0v) is 8.10. The van der Waals surface area contributed by atoms with E-state index in [9.17, 15) is 0 Å². The predicted molar refractivity (Wildman–Crippen MR) is 57.9 cm³/mol. The molecule has 1 aliphatic rings. The van der Waals surface area contributed by atoms with Crippen LogP contribution in [0, 0.1) is 0 Å². The number of ether oxygens (including phenoxy) is 1. The molecule has 1 heterocycles. The van der Waals surface area contributed by atoms with Crippen molar-refractivity contribution in [3.63, 3.8) is 0 Å². The van der Waals surface area contributed by atoms with Crippen molar-refractivity contribution >= 4 is 0 Å². The first kappa shape index (κ1) is 9.07. The highest BCUT2D eigenvalue weighted by molar-refractivity contribution is 5.15. The van der Waals surface area contributed by atoms with Crippen LogP contribution >= 0.6 is 0 Å². The third-order valence-corrected chi connectivity index (χ3v) is 2.33. The van der Waals surface area contributed by atoms with Gasteiger partial charge in [0.15, 0.2) is 0 Å². The third-order valence-electron chi connectivity index (χ3n) is 2.33. The van der Waals surface area contributed by atoms with Gasteiger partial charge in [-0.2, -0.15) is 0 Å². The molecule has 0 amide bonds. The molecule has 72 valence electrons. The van der Waals surface area contributed by atoms with E-state index in [1.54, 1.807) is 6.26 Å². The molecule has 1 aromatic carbocycles. The first-order valence-corrected chi connectivity index (χ1v) is 4.98. The maximum Gasteiger partial charge on any atom is 0.117 e. The molecule has 14 heavy (non-hydrogen) atoms. The van der Waals surface area contributed by atoms with Gasteiger partial charge in [-0.3, -0.25) is 0 Å². The number of allylic oxidation sites excluding steroid dienone is 2. The molecule has 1 atom stereocenters. The van der Waals surface area contributed by atoms with E-state index in [0.717, 1.165) is 12.8 Å². The predicted octanol–water partition coefficient (Wildman–Crippen LogP) is 3.09. The summed E-state index contributed by atoms with van der Waals surface area (Å²) in [5.41, 5.74) is 1.37. The minimum absolute atomic E-state index is 0.250. The van der Waals surface area contributed by atoms with E-state index in [4.69, 9.17) is 4.74 Å². The molecule has 0 N–H and O–H groups in total. The standard InChI is InChI=1S/C13H14O/c1-2-6-12(7-3-1)9-10-13-8-4-5-11-14-13/h1-8,11,13H,9-10H2. The molecule has 0 fully saturated rings. The molecule has 0 aromatic heterocycles. The van der Waals surface area contributed by atoms with Gasteiger partial charge < -0.3 is 4.74 Å². The molecule has 1 aliphatic heterocycles. The average molecular weight is 186 g/mol. The van der Waals surface area contributed by atoms with E-state index in [1.807, 2.05) is 18.2 Å². The molecule has 0 spiro atoms. The minimum Gasteiger partial charge on any atom is -0.494 e. The topological polar surface area (TPSA) is 9.23 Å². The molecule has 1 nitrogen and oxygen atoms in total. The van der Waals surface area contributed by atoms with E-state index in [-0.39, 0.29) is 6.10 Å². The number of rotatable bonds is 3. The van der Waals surface area contributed by atoms with Crippen LogP contribution in [0.15, 0.2) is 54.8 Å². The SMILES string of the molecule is C1=COC(CCc2ccccc2)C=C1. The van der Waals surface area contributed by atoms with E-state index >= 15 is 0 Å². The number of hydrogen-bond acceptors (Lipinski definition) is 1. The van der Waals surface area contributed by atoms with Crippen LogP contribution in [0.2, 0.25) is 0 Å². The van der Waals surface area contributed by atoms with Gasteiger partial charge in [-0.05, 0) is 30.6 Å². The van der Waals surface area contributed by atoms with E-state index < -0.39 is 0 Å². The van der Waals surface area contributed by atoms with Crippen LogP contribution in [0.1, 0.15) is 12.0 Å². The Morgan fingerprint density at radius 2 is 1.93 bits per heavy atom. The summed E-state index contributed by atoms with van der Waals surface area (Å²) in [5.74, 6) is 0. The van der Waals surface area contributed by atoms with Crippen molar-refractivity contribution in [1.82, 2.24) is 0 Å². The molecule has 0 aliphatic carbocycles. The van der Waals surface area contributed by atoms with E-state index in [2.05, 4.69) is 30.3 Å². The highest BCUT2D eigenvalue weighted by Crippen LogP contribution is 2.11. The summed E-state index contributed by atoms with van der Waals surface area (Å²) in [4.78, 5) is 0. The molecule has 0 bridgehead atoms. The Bertz CT molecular complexity index is 324. The summed E-state index contributed by atoms with van der Waals surface area (Å²) in [6.45, 7) is 0. The summed E-state index contributed by atoms with van der Waals surface area (Å²) in [7, 11) is 0. The quantitative estimate of drug-likeness (QED) is 0.704. The van der Waals surface area contributed by atoms with Gasteiger partial charge >= 0.3 is 0 Å². The van der Waals surface area contributed by atoms with Crippen LogP contribution in [0.4, 0.5) is 0 Å². The Kier molecular flexibility index (Phi) is 3.02. The fourth-order valence-electron chi connectivity index (χ4n) is 1.54. The van der Waals surface area contributed by atoms with Crippen LogP contribution in [-0.2, 0) is 11.2 Å². The van der Waals surface area contributed by atoms with Gasteiger partial charge in [-0.1, -0.05) is 36.4 Å². The lowest BCUT2D eigenvalue weighted by Crippen LogP contribution is -2.09. The van der Waals surface area contributed by atoms with E-state index in [0.29, 0.717) is 0 Å². The summed E-state index contributed by atoms with van der Waals surface area (Å²) in [5, 5.41) is 0. The summed E-state index contributed by atoms with van der Waals surface area (Å²) in [6, 6.07) is 10.5.